The molecule has 2 heterocycles. The standard InChI is InChI=1S/C14H19FN4O/c1-16-13-12(6-9(15)7-17-13)14(20)18-10-4-5-19(8-10)11-2-3-11/h6-7,10-11H,2-5,8H2,1H3,(H,16,17)(H,18,20). The van der Waals surface area contributed by atoms with Crippen LogP contribution in [-0.4, -0.2) is 48.0 Å². The third kappa shape index (κ3) is 2.75. The number of anilines is 1. The van der Waals surface area contributed by atoms with E-state index < -0.39 is 5.82 Å². The molecule has 108 valence electrons. The minimum absolute atomic E-state index is 0.149. The van der Waals surface area contributed by atoms with Gasteiger partial charge in [-0.15, -0.1) is 0 Å². The van der Waals surface area contributed by atoms with Gasteiger partial charge in [0.15, 0.2) is 0 Å². The molecule has 2 fully saturated rings. The molecular weight excluding hydrogens is 259 g/mol. The van der Waals surface area contributed by atoms with Gasteiger partial charge in [-0.1, -0.05) is 0 Å². The summed E-state index contributed by atoms with van der Waals surface area (Å²) in [7, 11) is 1.67. The molecule has 20 heavy (non-hydrogen) atoms. The molecule has 1 saturated carbocycles. The minimum atomic E-state index is -0.500. The van der Waals surface area contributed by atoms with Crippen molar-refractivity contribution in [2.45, 2.75) is 31.3 Å². The van der Waals surface area contributed by atoms with E-state index in [0.29, 0.717) is 5.82 Å². The molecule has 2 aliphatic rings. The molecule has 5 nitrogen and oxygen atoms in total. The molecule has 1 atom stereocenters. The summed E-state index contributed by atoms with van der Waals surface area (Å²) in [6, 6.07) is 2.10. The quantitative estimate of drug-likeness (QED) is 0.870. The first-order valence-corrected chi connectivity index (χ1v) is 7.05. The normalized spacial score (nSPS) is 22.8. The molecule has 1 aliphatic carbocycles. The van der Waals surface area contributed by atoms with Crippen LogP contribution in [0.2, 0.25) is 0 Å². The summed E-state index contributed by atoms with van der Waals surface area (Å²) in [6.45, 7) is 1.93. The number of amides is 1. The SMILES string of the molecule is CNc1ncc(F)cc1C(=O)NC1CCN(C2CC2)C1. The summed E-state index contributed by atoms with van der Waals surface area (Å²) in [5.41, 5.74) is 0.261. The van der Waals surface area contributed by atoms with Gasteiger partial charge in [0.2, 0.25) is 0 Å². The summed E-state index contributed by atoms with van der Waals surface area (Å²) >= 11 is 0. The molecule has 3 rings (SSSR count). The van der Waals surface area contributed by atoms with E-state index in [9.17, 15) is 9.18 Å². The molecule has 1 aromatic heterocycles. The van der Waals surface area contributed by atoms with Gasteiger partial charge >= 0.3 is 0 Å². The largest absolute Gasteiger partial charge is 0.372 e. The second-order valence-electron chi connectivity index (χ2n) is 5.48. The van der Waals surface area contributed by atoms with Gasteiger partial charge in [-0.25, -0.2) is 9.37 Å². The lowest BCUT2D eigenvalue weighted by molar-refractivity contribution is 0.0937. The van der Waals surface area contributed by atoms with E-state index in [2.05, 4.69) is 20.5 Å². The van der Waals surface area contributed by atoms with Gasteiger partial charge in [0.05, 0.1) is 11.8 Å². The topological polar surface area (TPSA) is 57.3 Å². The minimum Gasteiger partial charge on any atom is -0.372 e. The third-order valence-electron chi connectivity index (χ3n) is 3.95. The van der Waals surface area contributed by atoms with E-state index in [1.165, 1.54) is 18.9 Å². The summed E-state index contributed by atoms with van der Waals surface area (Å²) in [5.74, 6) is -0.356. The number of carbonyl (C=O) groups is 1. The average Bonchev–Trinajstić information content (AvgIpc) is 3.19. The Bertz CT molecular complexity index is 518. The van der Waals surface area contributed by atoms with Crippen molar-refractivity contribution in [1.29, 1.82) is 0 Å². The van der Waals surface area contributed by atoms with E-state index >= 15 is 0 Å². The maximum atomic E-state index is 13.3. The lowest BCUT2D eigenvalue weighted by atomic mass is 10.2. The summed E-state index contributed by atoms with van der Waals surface area (Å²) in [5, 5.41) is 5.80. The van der Waals surface area contributed by atoms with Crippen LogP contribution in [0.15, 0.2) is 12.3 Å². The fourth-order valence-electron chi connectivity index (χ4n) is 2.75. The van der Waals surface area contributed by atoms with Crippen molar-refractivity contribution in [3.8, 4) is 0 Å². The first-order valence-electron chi connectivity index (χ1n) is 7.05. The van der Waals surface area contributed by atoms with Crippen molar-refractivity contribution in [2.24, 2.45) is 0 Å². The second kappa shape index (κ2) is 5.36. The van der Waals surface area contributed by atoms with Crippen molar-refractivity contribution < 1.29 is 9.18 Å². The highest BCUT2D eigenvalue weighted by Crippen LogP contribution is 2.29. The second-order valence-corrected chi connectivity index (χ2v) is 5.48. The van der Waals surface area contributed by atoms with Gasteiger partial charge in [0.1, 0.15) is 11.6 Å². The number of aromatic nitrogens is 1. The molecule has 0 aromatic carbocycles. The predicted octanol–water partition coefficient (Wildman–Crippen LogP) is 1.23. The van der Waals surface area contributed by atoms with E-state index in [0.717, 1.165) is 31.7 Å². The molecule has 2 N–H and O–H groups in total. The highest BCUT2D eigenvalue weighted by molar-refractivity contribution is 5.98. The van der Waals surface area contributed by atoms with Crippen molar-refractivity contribution in [3.63, 3.8) is 0 Å². The monoisotopic (exact) mass is 278 g/mol. The van der Waals surface area contributed by atoms with Crippen molar-refractivity contribution in [1.82, 2.24) is 15.2 Å². The van der Waals surface area contributed by atoms with Crippen LogP contribution in [0.4, 0.5) is 10.2 Å². The number of nitrogens with zero attached hydrogens (tertiary/aromatic N) is 2. The van der Waals surface area contributed by atoms with Gasteiger partial charge in [0.25, 0.3) is 5.91 Å². The molecule has 1 saturated heterocycles. The van der Waals surface area contributed by atoms with Crippen LogP contribution in [-0.2, 0) is 0 Å². The predicted molar refractivity (Wildman–Crippen MR) is 74.2 cm³/mol. The van der Waals surface area contributed by atoms with Crippen molar-refractivity contribution >= 4 is 11.7 Å². The Morgan fingerprint density at radius 2 is 2.25 bits per heavy atom. The Kier molecular flexibility index (Phi) is 3.56. The van der Waals surface area contributed by atoms with Gasteiger partial charge in [0, 0.05) is 32.2 Å². The summed E-state index contributed by atoms with van der Waals surface area (Å²) in [4.78, 5) is 18.6. The Morgan fingerprint density at radius 1 is 1.45 bits per heavy atom. The molecule has 1 unspecified atom stereocenters. The number of carbonyl (C=O) groups excluding carboxylic acids is 1. The van der Waals surface area contributed by atoms with Crippen LogP contribution < -0.4 is 10.6 Å². The first-order chi connectivity index (χ1) is 9.67. The van der Waals surface area contributed by atoms with Gasteiger partial charge in [-0.3, -0.25) is 9.69 Å². The van der Waals surface area contributed by atoms with Crippen LogP contribution >= 0.6 is 0 Å². The Hall–Kier alpha value is -1.69. The zero-order valence-electron chi connectivity index (χ0n) is 11.5. The number of nitrogens with one attached hydrogen (secondary N) is 2. The number of hydrogen-bond donors (Lipinski definition) is 2. The highest BCUT2D eigenvalue weighted by Gasteiger charge is 2.35. The molecule has 1 amide bonds. The van der Waals surface area contributed by atoms with Crippen LogP contribution in [0.25, 0.3) is 0 Å². The van der Waals surface area contributed by atoms with E-state index in [1.54, 1.807) is 7.05 Å². The van der Waals surface area contributed by atoms with Gasteiger partial charge < -0.3 is 10.6 Å². The number of hydrogen-bond acceptors (Lipinski definition) is 4. The summed E-state index contributed by atoms with van der Waals surface area (Å²) in [6.07, 6.45) is 4.61. The highest BCUT2D eigenvalue weighted by atomic mass is 19.1. The molecule has 1 aromatic rings. The number of rotatable bonds is 4. The fraction of sp³-hybridized carbons (Fsp3) is 0.571. The number of pyridine rings is 1. The van der Waals surface area contributed by atoms with Crippen molar-refractivity contribution in [2.75, 3.05) is 25.5 Å². The maximum absolute atomic E-state index is 13.3. The molecule has 6 heteroatoms. The Balaban J connectivity index is 1.65. The Labute approximate surface area is 117 Å². The zero-order chi connectivity index (χ0) is 14.1. The Morgan fingerprint density at radius 3 is 2.95 bits per heavy atom. The fourth-order valence-corrected chi connectivity index (χ4v) is 2.75. The molecule has 0 radical (unpaired) electrons. The zero-order valence-corrected chi connectivity index (χ0v) is 11.5. The molecule has 0 spiro atoms. The van der Waals surface area contributed by atoms with E-state index in [4.69, 9.17) is 0 Å². The van der Waals surface area contributed by atoms with E-state index in [-0.39, 0.29) is 17.5 Å². The van der Waals surface area contributed by atoms with Crippen LogP contribution in [0.3, 0.4) is 0 Å². The number of likely N-dealkylation sites (tertiary alicyclic amines) is 1. The van der Waals surface area contributed by atoms with Crippen LogP contribution in [0.5, 0.6) is 0 Å². The molecular formula is C14H19FN4O. The lowest BCUT2D eigenvalue weighted by Gasteiger charge is -2.16. The summed E-state index contributed by atoms with van der Waals surface area (Å²) < 4.78 is 13.3. The first kappa shape index (κ1) is 13.3. The van der Waals surface area contributed by atoms with Crippen molar-refractivity contribution in [3.05, 3.63) is 23.6 Å². The number of halogens is 1. The lowest BCUT2D eigenvalue weighted by Crippen LogP contribution is -2.37. The average molecular weight is 278 g/mol. The maximum Gasteiger partial charge on any atom is 0.255 e. The third-order valence-corrected chi connectivity index (χ3v) is 3.95. The van der Waals surface area contributed by atoms with Crippen LogP contribution in [0.1, 0.15) is 29.6 Å². The molecule has 0 bridgehead atoms. The van der Waals surface area contributed by atoms with Gasteiger partial charge in [-0.2, -0.15) is 0 Å². The molecule has 1 aliphatic heterocycles. The van der Waals surface area contributed by atoms with Gasteiger partial charge in [-0.05, 0) is 25.3 Å². The smallest absolute Gasteiger partial charge is 0.255 e. The van der Waals surface area contributed by atoms with Crippen LogP contribution in [0, 0.1) is 5.82 Å². The van der Waals surface area contributed by atoms with E-state index in [1.807, 2.05) is 0 Å².